The summed E-state index contributed by atoms with van der Waals surface area (Å²) in [6.45, 7) is 2.72. The number of para-hydroxylation sites is 1. The third-order valence-electron chi connectivity index (χ3n) is 3.69. The van der Waals surface area contributed by atoms with E-state index in [1.54, 1.807) is 7.11 Å². The molecule has 0 heterocycles. The molecule has 19 heavy (non-hydrogen) atoms. The monoisotopic (exact) mass is 263 g/mol. The van der Waals surface area contributed by atoms with Gasteiger partial charge in [-0.15, -0.1) is 0 Å². The molecule has 0 radical (unpaired) electrons. The van der Waals surface area contributed by atoms with Crippen LogP contribution in [0.25, 0.3) is 0 Å². The third kappa shape index (κ3) is 3.47. The standard InChI is InChI=1S/C15H21NO3/c1-11(13-5-3-4-6-14(13)19-2)16(12-7-8-12)10-9-15(17)18/h3-6,11-12H,7-10H2,1-2H3,(H,17,18). The van der Waals surface area contributed by atoms with Crippen molar-refractivity contribution < 1.29 is 14.6 Å². The van der Waals surface area contributed by atoms with Crippen molar-refractivity contribution >= 4 is 5.97 Å². The number of nitrogens with zero attached hydrogens (tertiary/aromatic N) is 1. The second-order valence-electron chi connectivity index (χ2n) is 5.03. The van der Waals surface area contributed by atoms with E-state index in [1.807, 2.05) is 18.2 Å². The molecule has 1 aromatic rings. The second-order valence-corrected chi connectivity index (χ2v) is 5.03. The highest BCUT2D eigenvalue weighted by molar-refractivity contribution is 5.66. The molecule has 0 aromatic heterocycles. The zero-order valence-electron chi connectivity index (χ0n) is 11.5. The van der Waals surface area contributed by atoms with Gasteiger partial charge in [0.25, 0.3) is 0 Å². The number of carboxylic acid groups (broad SMARTS) is 1. The molecule has 0 bridgehead atoms. The lowest BCUT2D eigenvalue weighted by Crippen LogP contribution is -2.31. The molecule has 1 atom stereocenters. The second kappa shape index (κ2) is 6.06. The Kier molecular flexibility index (Phi) is 4.43. The molecule has 0 spiro atoms. The van der Waals surface area contributed by atoms with Gasteiger partial charge < -0.3 is 9.84 Å². The van der Waals surface area contributed by atoms with Gasteiger partial charge in [-0.1, -0.05) is 18.2 Å². The summed E-state index contributed by atoms with van der Waals surface area (Å²) in [5.41, 5.74) is 1.13. The van der Waals surface area contributed by atoms with Crippen LogP contribution >= 0.6 is 0 Å². The van der Waals surface area contributed by atoms with Crippen LogP contribution in [0.4, 0.5) is 0 Å². The van der Waals surface area contributed by atoms with Gasteiger partial charge in [-0.05, 0) is 25.8 Å². The van der Waals surface area contributed by atoms with E-state index in [-0.39, 0.29) is 12.5 Å². The third-order valence-corrected chi connectivity index (χ3v) is 3.69. The summed E-state index contributed by atoms with van der Waals surface area (Å²) in [5, 5.41) is 8.87. The minimum atomic E-state index is -0.738. The number of aliphatic carboxylic acids is 1. The molecule has 1 N–H and O–H groups in total. The molecule has 4 heteroatoms. The molecule has 1 saturated carbocycles. The van der Waals surface area contributed by atoms with E-state index in [0.717, 1.165) is 11.3 Å². The van der Waals surface area contributed by atoms with E-state index in [0.29, 0.717) is 12.6 Å². The van der Waals surface area contributed by atoms with Crippen molar-refractivity contribution in [3.8, 4) is 5.75 Å². The van der Waals surface area contributed by atoms with E-state index < -0.39 is 5.97 Å². The summed E-state index contributed by atoms with van der Waals surface area (Å²) < 4.78 is 5.40. The average Bonchev–Trinajstić information content (AvgIpc) is 3.23. The predicted molar refractivity (Wildman–Crippen MR) is 73.4 cm³/mol. The van der Waals surface area contributed by atoms with E-state index in [9.17, 15) is 4.79 Å². The molecule has 1 aliphatic carbocycles. The summed E-state index contributed by atoms with van der Waals surface area (Å²) in [5.74, 6) is 0.133. The summed E-state index contributed by atoms with van der Waals surface area (Å²) >= 11 is 0. The Morgan fingerprint density at radius 3 is 2.74 bits per heavy atom. The molecule has 0 saturated heterocycles. The van der Waals surface area contributed by atoms with Gasteiger partial charge >= 0.3 is 5.97 Å². The van der Waals surface area contributed by atoms with E-state index in [1.165, 1.54) is 12.8 Å². The van der Waals surface area contributed by atoms with Gasteiger partial charge in [0.05, 0.1) is 13.5 Å². The molecule has 104 valence electrons. The molecule has 1 aliphatic rings. The van der Waals surface area contributed by atoms with Crippen LogP contribution in [0.5, 0.6) is 5.75 Å². The zero-order valence-corrected chi connectivity index (χ0v) is 11.5. The zero-order chi connectivity index (χ0) is 13.8. The van der Waals surface area contributed by atoms with Crippen molar-refractivity contribution in [2.24, 2.45) is 0 Å². The smallest absolute Gasteiger partial charge is 0.304 e. The Bertz CT molecular complexity index is 443. The summed E-state index contributed by atoms with van der Waals surface area (Å²) in [7, 11) is 1.67. The van der Waals surface area contributed by atoms with E-state index >= 15 is 0 Å². The quantitative estimate of drug-likeness (QED) is 0.821. The first kappa shape index (κ1) is 13.9. The fraction of sp³-hybridized carbons (Fsp3) is 0.533. The van der Waals surface area contributed by atoms with Gasteiger partial charge in [-0.2, -0.15) is 0 Å². The first-order valence-electron chi connectivity index (χ1n) is 6.74. The van der Waals surface area contributed by atoms with Crippen LogP contribution in [0, 0.1) is 0 Å². The minimum Gasteiger partial charge on any atom is -0.496 e. The van der Waals surface area contributed by atoms with Crippen molar-refractivity contribution in [1.82, 2.24) is 4.90 Å². The number of hydrogen-bond donors (Lipinski definition) is 1. The molecule has 0 aliphatic heterocycles. The van der Waals surface area contributed by atoms with Gasteiger partial charge in [-0.3, -0.25) is 9.69 Å². The van der Waals surface area contributed by atoms with Crippen molar-refractivity contribution in [2.75, 3.05) is 13.7 Å². The summed E-state index contributed by atoms with van der Waals surface area (Å²) in [6.07, 6.45) is 2.52. The number of hydrogen-bond acceptors (Lipinski definition) is 3. The molecule has 0 amide bonds. The highest BCUT2D eigenvalue weighted by atomic mass is 16.5. The minimum absolute atomic E-state index is 0.183. The molecule has 1 fully saturated rings. The van der Waals surface area contributed by atoms with Gasteiger partial charge in [-0.25, -0.2) is 0 Å². The van der Waals surface area contributed by atoms with Crippen molar-refractivity contribution in [1.29, 1.82) is 0 Å². The average molecular weight is 263 g/mol. The number of ether oxygens (including phenoxy) is 1. The number of carboxylic acids is 1. The van der Waals surface area contributed by atoms with Crippen molar-refractivity contribution in [3.05, 3.63) is 29.8 Å². The number of benzene rings is 1. The van der Waals surface area contributed by atoms with Gasteiger partial charge in [0, 0.05) is 24.2 Å². The van der Waals surface area contributed by atoms with Gasteiger partial charge in [0.2, 0.25) is 0 Å². The number of carbonyl (C=O) groups is 1. The number of rotatable bonds is 7. The maximum absolute atomic E-state index is 10.8. The van der Waals surface area contributed by atoms with Crippen LogP contribution < -0.4 is 4.74 Å². The van der Waals surface area contributed by atoms with Crippen molar-refractivity contribution in [2.45, 2.75) is 38.3 Å². The van der Waals surface area contributed by atoms with Crippen LogP contribution in [0.2, 0.25) is 0 Å². The molecular weight excluding hydrogens is 242 g/mol. The Morgan fingerprint density at radius 1 is 1.47 bits per heavy atom. The maximum atomic E-state index is 10.8. The Hall–Kier alpha value is -1.55. The largest absolute Gasteiger partial charge is 0.496 e. The maximum Gasteiger partial charge on any atom is 0.304 e. The van der Waals surface area contributed by atoms with E-state index in [2.05, 4.69) is 17.9 Å². The predicted octanol–water partition coefficient (Wildman–Crippen LogP) is 2.70. The first-order chi connectivity index (χ1) is 9.13. The Balaban J connectivity index is 2.13. The SMILES string of the molecule is COc1ccccc1C(C)N(CCC(=O)O)C1CC1. The number of methoxy groups -OCH3 is 1. The Morgan fingerprint density at radius 2 is 2.16 bits per heavy atom. The topological polar surface area (TPSA) is 49.8 Å². The molecule has 1 aromatic carbocycles. The van der Waals surface area contributed by atoms with Crippen LogP contribution in [0.15, 0.2) is 24.3 Å². The lowest BCUT2D eigenvalue weighted by atomic mass is 10.1. The highest BCUT2D eigenvalue weighted by Gasteiger charge is 2.33. The van der Waals surface area contributed by atoms with Gasteiger partial charge in [0.15, 0.2) is 0 Å². The van der Waals surface area contributed by atoms with E-state index in [4.69, 9.17) is 9.84 Å². The molecule has 1 unspecified atom stereocenters. The van der Waals surface area contributed by atoms with Gasteiger partial charge in [0.1, 0.15) is 5.75 Å². The van der Waals surface area contributed by atoms with Crippen molar-refractivity contribution in [3.63, 3.8) is 0 Å². The highest BCUT2D eigenvalue weighted by Crippen LogP contribution is 2.37. The molecule has 4 nitrogen and oxygen atoms in total. The summed E-state index contributed by atoms with van der Waals surface area (Å²) in [4.78, 5) is 13.1. The van der Waals surface area contributed by atoms with Crippen LogP contribution in [-0.2, 0) is 4.79 Å². The van der Waals surface area contributed by atoms with Crippen LogP contribution in [0.3, 0.4) is 0 Å². The van der Waals surface area contributed by atoms with Crippen LogP contribution in [0.1, 0.15) is 37.8 Å². The van der Waals surface area contributed by atoms with Crippen LogP contribution in [-0.4, -0.2) is 35.7 Å². The molecule has 2 rings (SSSR count). The lowest BCUT2D eigenvalue weighted by Gasteiger charge is -2.29. The summed E-state index contributed by atoms with van der Waals surface area (Å²) in [6, 6.07) is 8.67. The normalized spacial score (nSPS) is 16.4. The fourth-order valence-electron chi connectivity index (χ4n) is 2.51. The Labute approximate surface area is 114 Å². The first-order valence-corrected chi connectivity index (χ1v) is 6.74. The molecular formula is C15H21NO3. The fourth-order valence-corrected chi connectivity index (χ4v) is 2.51. The lowest BCUT2D eigenvalue weighted by molar-refractivity contribution is -0.137.